The van der Waals surface area contributed by atoms with Crippen LogP contribution >= 0.6 is 0 Å². The van der Waals surface area contributed by atoms with Crippen LogP contribution in [-0.2, 0) is 22.3 Å². The molecule has 0 radical (unpaired) electrons. The fourth-order valence-corrected chi connectivity index (χ4v) is 3.06. The zero-order chi connectivity index (χ0) is 13.6. The summed E-state index contributed by atoms with van der Waals surface area (Å²) in [5.74, 6) is 1.05. The molecule has 110 valence electrons. The van der Waals surface area contributed by atoms with Crippen molar-refractivity contribution in [3.05, 3.63) is 29.3 Å². The monoisotopic (exact) mass is 276 g/mol. The fraction of sp³-hybridized carbons (Fsp3) is 0.647. The average Bonchev–Trinajstić information content (AvgIpc) is 2.53. The highest BCUT2D eigenvalue weighted by molar-refractivity contribution is 5.41. The van der Waals surface area contributed by atoms with Crippen molar-refractivity contribution in [2.24, 2.45) is 0 Å². The third-order valence-corrected chi connectivity index (χ3v) is 4.14. The van der Waals surface area contributed by atoms with E-state index in [-0.39, 0.29) is 6.29 Å². The van der Waals surface area contributed by atoms with Gasteiger partial charge in [0.2, 0.25) is 0 Å². The van der Waals surface area contributed by atoms with Crippen LogP contribution in [0.3, 0.4) is 0 Å². The first kappa shape index (κ1) is 13.9. The molecule has 1 aromatic carbocycles. The number of hydrogen-bond acceptors (Lipinski definition) is 3. The molecular weight excluding hydrogens is 252 g/mol. The summed E-state index contributed by atoms with van der Waals surface area (Å²) in [4.78, 5) is 0. The SMILES string of the molecule is c1cc2c(c(OCCOC3CCCCO3)c1)CCCC2. The summed E-state index contributed by atoms with van der Waals surface area (Å²) in [7, 11) is 0. The van der Waals surface area contributed by atoms with E-state index in [9.17, 15) is 0 Å². The van der Waals surface area contributed by atoms with Gasteiger partial charge >= 0.3 is 0 Å². The third kappa shape index (κ3) is 3.53. The number of ether oxygens (including phenoxy) is 3. The van der Waals surface area contributed by atoms with Crippen LogP contribution in [0.25, 0.3) is 0 Å². The van der Waals surface area contributed by atoms with E-state index in [0.717, 1.165) is 31.6 Å². The minimum Gasteiger partial charge on any atom is -0.491 e. The van der Waals surface area contributed by atoms with Gasteiger partial charge in [0.15, 0.2) is 6.29 Å². The third-order valence-electron chi connectivity index (χ3n) is 4.14. The minimum absolute atomic E-state index is 0.0166. The number of benzene rings is 1. The topological polar surface area (TPSA) is 27.7 Å². The predicted octanol–water partition coefficient (Wildman–Crippen LogP) is 3.49. The Morgan fingerprint density at radius 3 is 2.90 bits per heavy atom. The molecule has 0 bridgehead atoms. The number of fused-ring (bicyclic) bond motifs is 1. The van der Waals surface area contributed by atoms with Gasteiger partial charge in [-0.1, -0.05) is 12.1 Å². The lowest BCUT2D eigenvalue weighted by Crippen LogP contribution is -2.24. The number of hydrogen-bond donors (Lipinski definition) is 0. The van der Waals surface area contributed by atoms with Crippen molar-refractivity contribution >= 4 is 0 Å². The van der Waals surface area contributed by atoms with Crippen molar-refractivity contribution in [1.82, 2.24) is 0 Å². The van der Waals surface area contributed by atoms with Gasteiger partial charge in [-0.05, 0) is 62.1 Å². The minimum atomic E-state index is -0.0166. The molecule has 3 rings (SSSR count). The van der Waals surface area contributed by atoms with Gasteiger partial charge in [-0.25, -0.2) is 0 Å². The van der Waals surface area contributed by atoms with Crippen LogP contribution in [0.2, 0.25) is 0 Å². The normalized spacial score (nSPS) is 22.3. The maximum atomic E-state index is 5.91. The standard InChI is InChI=1S/C17H24O3/c1-2-8-15-14(6-1)7-5-9-16(15)18-12-13-20-17-10-3-4-11-19-17/h5,7,9,17H,1-4,6,8,10-13H2. The molecule has 2 aliphatic rings. The van der Waals surface area contributed by atoms with E-state index in [4.69, 9.17) is 14.2 Å². The zero-order valence-electron chi connectivity index (χ0n) is 12.1. The quantitative estimate of drug-likeness (QED) is 0.771. The van der Waals surface area contributed by atoms with Gasteiger partial charge in [-0.15, -0.1) is 0 Å². The number of aryl methyl sites for hydroxylation is 1. The molecule has 1 atom stereocenters. The molecule has 0 N–H and O–H groups in total. The second-order valence-electron chi connectivity index (χ2n) is 5.62. The van der Waals surface area contributed by atoms with Crippen LogP contribution in [-0.4, -0.2) is 26.1 Å². The van der Waals surface area contributed by atoms with Crippen LogP contribution in [0.15, 0.2) is 18.2 Å². The molecule has 3 heteroatoms. The molecule has 1 aliphatic heterocycles. The highest BCUT2D eigenvalue weighted by Crippen LogP contribution is 2.29. The molecule has 1 aliphatic carbocycles. The summed E-state index contributed by atoms with van der Waals surface area (Å²) >= 11 is 0. The van der Waals surface area contributed by atoms with Crippen LogP contribution in [0.1, 0.15) is 43.2 Å². The van der Waals surface area contributed by atoms with E-state index in [1.165, 1.54) is 36.8 Å². The summed E-state index contributed by atoms with van der Waals surface area (Å²) < 4.78 is 17.2. The molecule has 0 saturated carbocycles. The van der Waals surface area contributed by atoms with Gasteiger partial charge in [0.25, 0.3) is 0 Å². The number of rotatable bonds is 5. The Kier molecular flexibility index (Phi) is 4.93. The molecule has 0 spiro atoms. The summed E-state index contributed by atoms with van der Waals surface area (Å²) in [5, 5.41) is 0. The average molecular weight is 276 g/mol. The van der Waals surface area contributed by atoms with E-state index in [0.29, 0.717) is 13.2 Å². The van der Waals surface area contributed by atoms with Crippen molar-refractivity contribution < 1.29 is 14.2 Å². The lowest BCUT2D eigenvalue weighted by molar-refractivity contribution is -0.165. The highest BCUT2D eigenvalue weighted by Gasteiger charge is 2.15. The Labute approximate surface area is 121 Å². The first-order valence-corrected chi connectivity index (χ1v) is 7.90. The molecule has 3 nitrogen and oxygen atoms in total. The Hall–Kier alpha value is -1.06. The second-order valence-corrected chi connectivity index (χ2v) is 5.62. The van der Waals surface area contributed by atoms with Crippen molar-refractivity contribution in [1.29, 1.82) is 0 Å². The first-order chi connectivity index (χ1) is 9.93. The lowest BCUT2D eigenvalue weighted by atomic mass is 9.91. The zero-order valence-corrected chi connectivity index (χ0v) is 12.1. The Morgan fingerprint density at radius 1 is 1.05 bits per heavy atom. The highest BCUT2D eigenvalue weighted by atomic mass is 16.7. The molecular formula is C17H24O3. The van der Waals surface area contributed by atoms with Gasteiger partial charge in [-0.2, -0.15) is 0 Å². The van der Waals surface area contributed by atoms with E-state index < -0.39 is 0 Å². The van der Waals surface area contributed by atoms with Crippen molar-refractivity contribution in [2.75, 3.05) is 19.8 Å². The van der Waals surface area contributed by atoms with E-state index in [1.807, 2.05) is 0 Å². The largest absolute Gasteiger partial charge is 0.491 e. The van der Waals surface area contributed by atoms with E-state index in [1.54, 1.807) is 0 Å². The van der Waals surface area contributed by atoms with Crippen molar-refractivity contribution in [3.63, 3.8) is 0 Å². The first-order valence-electron chi connectivity index (χ1n) is 7.90. The van der Waals surface area contributed by atoms with E-state index in [2.05, 4.69) is 18.2 Å². The Morgan fingerprint density at radius 2 is 2.00 bits per heavy atom. The summed E-state index contributed by atoms with van der Waals surface area (Å²) in [5.41, 5.74) is 2.87. The summed E-state index contributed by atoms with van der Waals surface area (Å²) in [6, 6.07) is 6.42. The van der Waals surface area contributed by atoms with Gasteiger partial charge in [0, 0.05) is 6.61 Å². The lowest BCUT2D eigenvalue weighted by Gasteiger charge is -2.23. The maximum absolute atomic E-state index is 5.91. The maximum Gasteiger partial charge on any atom is 0.157 e. The molecule has 1 saturated heterocycles. The molecule has 20 heavy (non-hydrogen) atoms. The van der Waals surface area contributed by atoms with Gasteiger partial charge in [0.1, 0.15) is 12.4 Å². The van der Waals surface area contributed by atoms with E-state index >= 15 is 0 Å². The Bertz CT molecular complexity index is 424. The van der Waals surface area contributed by atoms with Crippen molar-refractivity contribution in [2.45, 2.75) is 51.2 Å². The van der Waals surface area contributed by atoms with Crippen LogP contribution in [0, 0.1) is 0 Å². The molecule has 1 heterocycles. The van der Waals surface area contributed by atoms with Gasteiger partial charge in [0.05, 0.1) is 6.61 Å². The summed E-state index contributed by atoms with van der Waals surface area (Å²) in [6.07, 6.45) is 8.29. The smallest absolute Gasteiger partial charge is 0.157 e. The van der Waals surface area contributed by atoms with Crippen LogP contribution in [0.4, 0.5) is 0 Å². The molecule has 0 amide bonds. The predicted molar refractivity (Wildman–Crippen MR) is 78.1 cm³/mol. The summed E-state index contributed by atoms with van der Waals surface area (Å²) in [6.45, 7) is 2.04. The molecule has 1 aromatic rings. The van der Waals surface area contributed by atoms with Crippen LogP contribution < -0.4 is 4.74 Å². The second kappa shape index (κ2) is 7.09. The van der Waals surface area contributed by atoms with Crippen LogP contribution in [0.5, 0.6) is 5.75 Å². The van der Waals surface area contributed by atoms with Crippen molar-refractivity contribution in [3.8, 4) is 5.75 Å². The molecule has 1 unspecified atom stereocenters. The molecule has 1 fully saturated rings. The fourth-order valence-electron chi connectivity index (χ4n) is 3.06. The van der Waals surface area contributed by atoms with Gasteiger partial charge < -0.3 is 14.2 Å². The Balaban J connectivity index is 1.46. The van der Waals surface area contributed by atoms with Gasteiger partial charge in [-0.3, -0.25) is 0 Å². The molecule has 0 aromatic heterocycles.